The van der Waals surface area contributed by atoms with Gasteiger partial charge in [0.15, 0.2) is 0 Å². The summed E-state index contributed by atoms with van der Waals surface area (Å²) in [5, 5.41) is 25.4. The van der Waals surface area contributed by atoms with E-state index in [4.69, 9.17) is 15.3 Å². The molecule has 8 heteroatoms. The Morgan fingerprint density at radius 2 is 2.03 bits per heavy atom. The predicted molar refractivity (Wildman–Crippen MR) is 119 cm³/mol. The monoisotopic (exact) mass is 428 g/mol. The lowest BCUT2D eigenvalue weighted by Gasteiger charge is -2.11. The van der Waals surface area contributed by atoms with Crippen molar-refractivity contribution in [3.63, 3.8) is 0 Å². The molecule has 1 N–H and O–H groups in total. The minimum absolute atomic E-state index is 0.0955. The topological polar surface area (TPSA) is 117 Å². The fraction of sp³-hybridized carbons (Fsp3) is 0.292. The Labute approximate surface area is 187 Å². The van der Waals surface area contributed by atoms with Crippen molar-refractivity contribution < 1.29 is 9.53 Å². The van der Waals surface area contributed by atoms with Gasteiger partial charge in [-0.1, -0.05) is 0 Å². The second-order valence-electron chi connectivity index (χ2n) is 7.38. The number of amides is 1. The summed E-state index contributed by atoms with van der Waals surface area (Å²) in [6.45, 7) is 6.31. The second kappa shape index (κ2) is 10.2. The molecule has 3 rings (SSSR count). The summed E-state index contributed by atoms with van der Waals surface area (Å²) >= 11 is 0. The molecule has 2 heterocycles. The van der Waals surface area contributed by atoms with Crippen molar-refractivity contribution in [1.29, 1.82) is 10.5 Å². The Bertz CT molecular complexity index is 1220. The molecule has 8 nitrogen and oxygen atoms in total. The van der Waals surface area contributed by atoms with Crippen molar-refractivity contribution in [3.05, 3.63) is 64.6 Å². The number of carbonyl (C=O) groups is 1. The summed E-state index contributed by atoms with van der Waals surface area (Å²) in [4.78, 5) is 16.6. The molecule has 2 aromatic heterocycles. The van der Waals surface area contributed by atoms with E-state index in [1.54, 1.807) is 36.5 Å². The molecule has 0 saturated heterocycles. The van der Waals surface area contributed by atoms with Crippen molar-refractivity contribution in [1.82, 2.24) is 14.8 Å². The molecule has 0 radical (unpaired) electrons. The average molecular weight is 428 g/mol. The maximum atomic E-state index is 12.5. The first-order valence-electron chi connectivity index (χ1n) is 10.3. The molecule has 0 spiro atoms. The fourth-order valence-corrected chi connectivity index (χ4v) is 3.43. The summed E-state index contributed by atoms with van der Waals surface area (Å²) in [5.41, 5.74) is 4.81. The molecular weight excluding hydrogens is 404 g/mol. The zero-order chi connectivity index (χ0) is 23.1. The summed E-state index contributed by atoms with van der Waals surface area (Å²) in [7, 11) is 0. The van der Waals surface area contributed by atoms with Gasteiger partial charge in [0, 0.05) is 24.0 Å². The summed E-state index contributed by atoms with van der Waals surface area (Å²) < 4.78 is 7.55. The fourth-order valence-electron chi connectivity index (χ4n) is 3.43. The van der Waals surface area contributed by atoms with Crippen molar-refractivity contribution >= 4 is 11.6 Å². The van der Waals surface area contributed by atoms with Crippen LogP contribution in [0.3, 0.4) is 0 Å². The van der Waals surface area contributed by atoms with Crippen LogP contribution in [0.4, 0.5) is 5.69 Å². The summed E-state index contributed by atoms with van der Waals surface area (Å²) in [6, 6.07) is 12.8. The smallest absolute Gasteiger partial charge is 0.237 e. The molecule has 0 unspecified atom stereocenters. The lowest BCUT2D eigenvalue weighted by molar-refractivity contribution is -0.116. The van der Waals surface area contributed by atoms with Crippen LogP contribution in [0.25, 0.3) is 0 Å². The zero-order valence-electron chi connectivity index (χ0n) is 18.3. The highest BCUT2D eigenvalue weighted by atomic mass is 16.5. The number of nitrogens with zero attached hydrogens (tertiary/aromatic N) is 5. The standard InChI is InChI=1S/C24H24N6O2/c1-16-14-20(32-24-19(15-26)6-4-12-27-24)7-9-22(16)28-23(31)10-8-21-17(2)29-30(18(21)3)13-5-11-25/h4,6-7,9,12,14H,5,8,10,13H2,1-3H3,(H,28,31). The van der Waals surface area contributed by atoms with Crippen LogP contribution in [0, 0.1) is 43.4 Å². The van der Waals surface area contributed by atoms with E-state index in [2.05, 4.69) is 27.5 Å². The first kappa shape index (κ1) is 22.5. The molecular formula is C24H24N6O2. The van der Waals surface area contributed by atoms with E-state index in [1.165, 1.54) is 0 Å². The normalized spacial score (nSPS) is 10.3. The van der Waals surface area contributed by atoms with Crippen molar-refractivity contribution in [2.45, 2.75) is 46.6 Å². The maximum absolute atomic E-state index is 12.5. The van der Waals surface area contributed by atoms with Crippen molar-refractivity contribution in [2.24, 2.45) is 0 Å². The molecule has 0 aliphatic carbocycles. The number of carbonyl (C=O) groups excluding carboxylic acids is 1. The van der Waals surface area contributed by atoms with Gasteiger partial charge in [-0.05, 0) is 68.7 Å². The van der Waals surface area contributed by atoms with Gasteiger partial charge in [-0.2, -0.15) is 15.6 Å². The number of pyridine rings is 1. The van der Waals surface area contributed by atoms with E-state index < -0.39 is 0 Å². The van der Waals surface area contributed by atoms with Crippen molar-refractivity contribution in [3.8, 4) is 23.8 Å². The average Bonchev–Trinajstić information content (AvgIpc) is 3.05. The molecule has 0 aliphatic rings. The van der Waals surface area contributed by atoms with Gasteiger partial charge in [0.1, 0.15) is 17.4 Å². The molecule has 32 heavy (non-hydrogen) atoms. The van der Waals surface area contributed by atoms with Crippen LogP contribution in [-0.4, -0.2) is 20.7 Å². The molecule has 162 valence electrons. The number of hydrogen-bond donors (Lipinski definition) is 1. The number of aryl methyl sites for hydroxylation is 3. The maximum Gasteiger partial charge on any atom is 0.237 e. The Kier molecular flexibility index (Phi) is 7.20. The number of ether oxygens (including phenoxy) is 1. The molecule has 0 saturated carbocycles. The van der Waals surface area contributed by atoms with Crippen LogP contribution in [0.1, 0.15) is 40.9 Å². The molecule has 1 amide bonds. The highest BCUT2D eigenvalue weighted by molar-refractivity contribution is 5.91. The first-order chi connectivity index (χ1) is 15.4. The summed E-state index contributed by atoms with van der Waals surface area (Å²) in [6.07, 6.45) is 2.86. The van der Waals surface area contributed by atoms with Gasteiger partial charge in [0.2, 0.25) is 11.8 Å². The van der Waals surface area contributed by atoms with Gasteiger partial charge in [0.25, 0.3) is 0 Å². The lowest BCUT2D eigenvalue weighted by Crippen LogP contribution is -2.13. The number of aromatic nitrogens is 3. The third-order valence-electron chi connectivity index (χ3n) is 5.15. The molecule has 0 bridgehead atoms. The first-order valence-corrected chi connectivity index (χ1v) is 10.3. The van der Waals surface area contributed by atoms with Gasteiger partial charge in [0.05, 0.1) is 24.7 Å². The molecule has 0 fully saturated rings. The number of rotatable bonds is 8. The van der Waals surface area contributed by atoms with Crippen LogP contribution >= 0.6 is 0 Å². The van der Waals surface area contributed by atoms with E-state index >= 15 is 0 Å². The second-order valence-corrected chi connectivity index (χ2v) is 7.38. The minimum atomic E-state index is -0.0955. The van der Waals surface area contributed by atoms with Crippen LogP contribution in [0.15, 0.2) is 36.5 Å². The zero-order valence-corrected chi connectivity index (χ0v) is 18.3. The Morgan fingerprint density at radius 3 is 2.75 bits per heavy atom. The lowest BCUT2D eigenvalue weighted by atomic mass is 10.1. The van der Waals surface area contributed by atoms with Crippen LogP contribution in [-0.2, 0) is 17.8 Å². The number of hydrogen-bond acceptors (Lipinski definition) is 6. The molecule has 1 aromatic carbocycles. The van der Waals surface area contributed by atoms with E-state index in [0.717, 1.165) is 22.5 Å². The van der Waals surface area contributed by atoms with Gasteiger partial charge in [-0.25, -0.2) is 4.98 Å². The number of nitriles is 2. The van der Waals surface area contributed by atoms with Gasteiger partial charge in [-0.3, -0.25) is 9.48 Å². The van der Waals surface area contributed by atoms with Crippen molar-refractivity contribution in [2.75, 3.05) is 5.32 Å². The SMILES string of the molecule is Cc1cc(Oc2ncccc2C#N)ccc1NC(=O)CCc1c(C)nn(CCC#N)c1C. The van der Waals surface area contributed by atoms with Gasteiger partial charge < -0.3 is 10.1 Å². The van der Waals surface area contributed by atoms with E-state index in [1.807, 2.05) is 25.5 Å². The van der Waals surface area contributed by atoms with Crippen LogP contribution < -0.4 is 10.1 Å². The highest BCUT2D eigenvalue weighted by Crippen LogP contribution is 2.27. The number of nitrogens with one attached hydrogen (secondary N) is 1. The van der Waals surface area contributed by atoms with E-state index in [0.29, 0.717) is 42.8 Å². The van der Waals surface area contributed by atoms with Crippen LogP contribution in [0.5, 0.6) is 11.6 Å². The third-order valence-corrected chi connectivity index (χ3v) is 5.15. The van der Waals surface area contributed by atoms with E-state index in [-0.39, 0.29) is 11.8 Å². The molecule has 0 aliphatic heterocycles. The predicted octanol–water partition coefficient (Wildman–Crippen LogP) is 4.35. The number of benzene rings is 1. The highest BCUT2D eigenvalue weighted by Gasteiger charge is 2.14. The molecule has 3 aromatic rings. The third kappa shape index (κ3) is 5.30. The molecule has 0 atom stereocenters. The summed E-state index contributed by atoms with van der Waals surface area (Å²) in [5.74, 6) is 0.681. The Balaban J connectivity index is 1.62. The minimum Gasteiger partial charge on any atom is -0.438 e. The Morgan fingerprint density at radius 1 is 1.22 bits per heavy atom. The quantitative estimate of drug-likeness (QED) is 0.570. The van der Waals surface area contributed by atoms with Crippen LogP contribution in [0.2, 0.25) is 0 Å². The largest absolute Gasteiger partial charge is 0.438 e. The Hall–Kier alpha value is -4.17. The number of anilines is 1. The van der Waals surface area contributed by atoms with E-state index in [9.17, 15) is 4.79 Å². The van der Waals surface area contributed by atoms with Gasteiger partial charge >= 0.3 is 0 Å². The van der Waals surface area contributed by atoms with Gasteiger partial charge in [-0.15, -0.1) is 0 Å².